The van der Waals surface area contributed by atoms with Gasteiger partial charge < -0.3 is 10.5 Å². The number of hydrogen-bond acceptors (Lipinski definition) is 2. The maximum Gasteiger partial charge on any atom is 0.138 e. The minimum atomic E-state index is 0.306. The van der Waals surface area contributed by atoms with Gasteiger partial charge in [0.25, 0.3) is 0 Å². The van der Waals surface area contributed by atoms with Crippen LogP contribution < -0.4 is 5.32 Å². The molecule has 0 spiro atoms. The van der Waals surface area contributed by atoms with Crippen molar-refractivity contribution >= 4 is 21.8 Å². The van der Waals surface area contributed by atoms with Crippen LogP contribution in [0.2, 0.25) is 0 Å². The van der Waals surface area contributed by atoms with Crippen LogP contribution in [0.5, 0.6) is 0 Å². The minimum absolute atomic E-state index is 0.306. The van der Waals surface area contributed by atoms with E-state index in [-0.39, 0.29) is 0 Å². The number of alkyl halides is 1. The fourth-order valence-electron chi connectivity index (χ4n) is 0.424. The van der Waals surface area contributed by atoms with Crippen molar-refractivity contribution in [1.82, 2.24) is 5.32 Å². The highest BCUT2D eigenvalue weighted by molar-refractivity contribution is 9.09. The van der Waals surface area contributed by atoms with Crippen molar-refractivity contribution in [2.45, 2.75) is 19.9 Å². The van der Waals surface area contributed by atoms with E-state index in [9.17, 15) is 0 Å². The Morgan fingerprint density at radius 2 is 2.44 bits per heavy atom. The van der Waals surface area contributed by atoms with Gasteiger partial charge in [-0.25, -0.2) is 0 Å². The van der Waals surface area contributed by atoms with E-state index in [4.69, 9.17) is 5.21 Å². The van der Waals surface area contributed by atoms with Gasteiger partial charge in [-0.2, -0.15) is 0 Å². The first-order valence-electron chi connectivity index (χ1n) is 2.72. The fraction of sp³-hybridized carbons (Fsp3) is 0.800. The third-order valence-electron chi connectivity index (χ3n) is 0.837. The third-order valence-corrected chi connectivity index (χ3v) is 1.81. The number of hydrogen-bond donors (Lipinski definition) is 2. The maximum atomic E-state index is 8.19. The van der Waals surface area contributed by atoms with Crippen molar-refractivity contribution < 1.29 is 5.21 Å². The molecular weight excluding hydrogens is 184 g/mol. The van der Waals surface area contributed by atoms with Gasteiger partial charge >= 0.3 is 0 Å². The highest BCUT2D eigenvalue weighted by Crippen LogP contribution is 1.87. The lowest BCUT2D eigenvalue weighted by Gasteiger charge is -2.08. The molecule has 0 saturated carbocycles. The van der Waals surface area contributed by atoms with E-state index in [0.29, 0.717) is 11.9 Å². The van der Waals surface area contributed by atoms with Crippen molar-refractivity contribution in [1.29, 1.82) is 0 Å². The van der Waals surface area contributed by atoms with Crippen molar-refractivity contribution in [2.75, 3.05) is 5.33 Å². The van der Waals surface area contributed by atoms with Crippen LogP contribution in [-0.4, -0.2) is 22.4 Å². The number of nitrogens with zero attached hydrogens (tertiary/aromatic N) is 1. The summed E-state index contributed by atoms with van der Waals surface area (Å²) in [5.74, 6) is 0.543. The van der Waals surface area contributed by atoms with Gasteiger partial charge in [-0.05, 0) is 13.8 Å². The molecule has 0 aliphatic carbocycles. The predicted molar refractivity (Wildman–Crippen MR) is 41.3 cm³/mol. The first-order valence-corrected chi connectivity index (χ1v) is 3.84. The van der Waals surface area contributed by atoms with Crippen LogP contribution in [0.25, 0.3) is 0 Å². The van der Waals surface area contributed by atoms with Crippen molar-refractivity contribution in [2.24, 2.45) is 5.16 Å². The Morgan fingerprint density at radius 3 is 2.78 bits per heavy atom. The second-order valence-electron chi connectivity index (χ2n) is 1.89. The molecule has 54 valence electrons. The molecule has 0 amide bonds. The molecule has 0 aliphatic rings. The first-order chi connectivity index (χ1) is 4.20. The number of rotatable bonds is 2. The van der Waals surface area contributed by atoms with Crippen LogP contribution in [0.15, 0.2) is 5.16 Å². The highest BCUT2D eigenvalue weighted by Gasteiger charge is 1.97. The standard InChI is InChI=1S/C5H11BrN2O/c1-4(3-6)7-5(2)8-9/h4,9H,3H2,1-2H3,(H,7,8). The van der Waals surface area contributed by atoms with Gasteiger partial charge in [0.2, 0.25) is 0 Å². The molecule has 0 aromatic heterocycles. The monoisotopic (exact) mass is 194 g/mol. The van der Waals surface area contributed by atoms with Crippen LogP contribution in [-0.2, 0) is 0 Å². The molecule has 1 atom stereocenters. The Hall–Kier alpha value is -0.250. The molecular formula is C5H11BrN2O. The lowest BCUT2D eigenvalue weighted by atomic mass is 10.4. The van der Waals surface area contributed by atoms with Gasteiger partial charge in [0, 0.05) is 11.4 Å². The minimum Gasteiger partial charge on any atom is -0.409 e. The average molecular weight is 195 g/mol. The topological polar surface area (TPSA) is 44.6 Å². The van der Waals surface area contributed by atoms with Crippen LogP contribution in [0.4, 0.5) is 0 Å². The molecule has 0 aromatic carbocycles. The quantitative estimate of drug-likeness (QED) is 0.228. The third kappa shape index (κ3) is 4.27. The molecule has 0 saturated heterocycles. The molecule has 1 unspecified atom stereocenters. The summed E-state index contributed by atoms with van der Waals surface area (Å²) in [6.45, 7) is 3.70. The molecule has 0 radical (unpaired) electrons. The molecule has 0 fully saturated rings. The van der Waals surface area contributed by atoms with E-state index in [1.54, 1.807) is 6.92 Å². The number of halogens is 1. The SMILES string of the molecule is CC(=NO)NC(C)CBr. The second-order valence-corrected chi connectivity index (χ2v) is 2.53. The number of amidine groups is 1. The molecule has 2 N–H and O–H groups in total. The molecule has 0 heterocycles. The Balaban J connectivity index is 3.47. The largest absolute Gasteiger partial charge is 0.409 e. The predicted octanol–water partition coefficient (Wildman–Crippen LogP) is 1.17. The van der Waals surface area contributed by atoms with Gasteiger partial charge in [-0.15, -0.1) is 0 Å². The van der Waals surface area contributed by atoms with Crippen LogP contribution in [0, 0.1) is 0 Å². The normalized spacial score (nSPS) is 15.2. The van der Waals surface area contributed by atoms with Crippen molar-refractivity contribution in [3.8, 4) is 0 Å². The maximum absolute atomic E-state index is 8.19. The van der Waals surface area contributed by atoms with E-state index in [1.807, 2.05) is 6.92 Å². The Morgan fingerprint density at radius 1 is 1.89 bits per heavy atom. The van der Waals surface area contributed by atoms with Gasteiger partial charge in [-0.3, -0.25) is 0 Å². The Kier molecular flexibility index (Phi) is 4.48. The lowest BCUT2D eigenvalue weighted by molar-refractivity contribution is 0.315. The molecule has 9 heavy (non-hydrogen) atoms. The first kappa shape index (κ1) is 8.75. The molecule has 0 bridgehead atoms. The molecule has 0 rings (SSSR count). The smallest absolute Gasteiger partial charge is 0.138 e. The molecule has 0 aromatic rings. The molecule has 3 nitrogen and oxygen atoms in total. The van der Waals surface area contributed by atoms with Crippen molar-refractivity contribution in [3.05, 3.63) is 0 Å². The summed E-state index contributed by atoms with van der Waals surface area (Å²) in [6, 6.07) is 0.306. The summed E-state index contributed by atoms with van der Waals surface area (Å²) >= 11 is 3.27. The van der Waals surface area contributed by atoms with Crippen LogP contribution in [0.1, 0.15) is 13.8 Å². The van der Waals surface area contributed by atoms with Gasteiger partial charge in [0.05, 0.1) is 0 Å². The highest BCUT2D eigenvalue weighted by atomic mass is 79.9. The summed E-state index contributed by atoms with van der Waals surface area (Å²) in [5, 5.41) is 14.9. The summed E-state index contributed by atoms with van der Waals surface area (Å²) in [5.41, 5.74) is 0. The zero-order chi connectivity index (χ0) is 7.28. The average Bonchev–Trinajstić information content (AvgIpc) is 1.87. The summed E-state index contributed by atoms with van der Waals surface area (Å²) in [7, 11) is 0. The van der Waals surface area contributed by atoms with Crippen molar-refractivity contribution in [3.63, 3.8) is 0 Å². The van der Waals surface area contributed by atoms with E-state index in [2.05, 4.69) is 26.4 Å². The molecule has 0 aliphatic heterocycles. The van der Waals surface area contributed by atoms with E-state index in [1.165, 1.54) is 0 Å². The second kappa shape index (κ2) is 4.61. The van der Waals surface area contributed by atoms with Crippen LogP contribution >= 0.6 is 15.9 Å². The zero-order valence-electron chi connectivity index (χ0n) is 5.56. The summed E-state index contributed by atoms with van der Waals surface area (Å²) in [6.07, 6.45) is 0. The van der Waals surface area contributed by atoms with Gasteiger partial charge in [0.1, 0.15) is 5.84 Å². The Bertz CT molecular complexity index is 105. The number of oxime groups is 1. The van der Waals surface area contributed by atoms with Gasteiger partial charge in [-0.1, -0.05) is 21.1 Å². The molecule has 4 heteroatoms. The fourth-order valence-corrected chi connectivity index (χ4v) is 0.586. The van der Waals surface area contributed by atoms with E-state index < -0.39 is 0 Å². The Labute approximate surface area is 63.3 Å². The summed E-state index contributed by atoms with van der Waals surface area (Å²) in [4.78, 5) is 0. The zero-order valence-corrected chi connectivity index (χ0v) is 7.14. The van der Waals surface area contributed by atoms with E-state index >= 15 is 0 Å². The number of nitrogens with one attached hydrogen (secondary N) is 1. The van der Waals surface area contributed by atoms with Gasteiger partial charge in [0.15, 0.2) is 0 Å². The lowest BCUT2D eigenvalue weighted by Crippen LogP contribution is -2.31. The van der Waals surface area contributed by atoms with E-state index in [0.717, 1.165) is 5.33 Å². The summed E-state index contributed by atoms with van der Waals surface area (Å²) < 4.78 is 0. The van der Waals surface area contributed by atoms with Crippen LogP contribution in [0.3, 0.4) is 0 Å².